The summed E-state index contributed by atoms with van der Waals surface area (Å²) in [5.74, 6) is 0.352. The number of hydrogen-bond donors (Lipinski definition) is 1. The van der Waals surface area contributed by atoms with E-state index in [9.17, 15) is 9.59 Å². The van der Waals surface area contributed by atoms with Crippen LogP contribution in [0.5, 0.6) is 0 Å². The summed E-state index contributed by atoms with van der Waals surface area (Å²) in [5.41, 5.74) is 2.32. The van der Waals surface area contributed by atoms with Crippen molar-refractivity contribution in [3.63, 3.8) is 0 Å². The highest BCUT2D eigenvalue weighted by molar-refractivity contribution is 7.98. The van der Waals surface area contributed by atoms with E-state index in [2.05, 4.69) is 15.3 Å². The highest BCUT2D eigenvalue weighted by Crippen LogP contribution is 2.27. The predicted octanol–water partition coefficient (Wildman–Crippen LogP) is 4.69. The predicted molar refractivity (Wildman–Crippen MR) is 106 cm³/mol. The molecule has 0 aliphatic rings. The van der Waals surface area contributed by atoms with Gasteiger partial charge in [-0.15, -0.1) is 23.1 Å². The lowest BCUT2D eigenvalue weighted by Crippen LogP contribution is -2.17. The molecule has 0 aliphatic heterocycles. The van der Waals surface area contributed by atoms with Crippen LogP contribution in [0.4, 0.5) is 5.69 Å². The smallest absolute Gasteiger partial charge is 0.260 e. The van der Waals surface area contributed by atoms with Gasteiger partial charge in [-0.25, -0.2) is 9.97 Å². The van der Waals surface area contributed by atoms with Gasteiger partial charge < -0.3 is 5.32 Å². The van der Waals surface area contributed by atoms with Crippen LogP contribution in [0.1, 0.15) is 33.3 Å². The Hall–Kier alpha value is -2.51. The number of nitrogens with zero attached hydrogens (tertiary/aromatic N) is 2. The van der Waals surface area contributed by atoms with Crippen LogP contribution in [0, 0.1) is 6.92 Å². The number of aromatic nitrogens is 2. The third-order valence-electron chi connectivity index (χ3n) is 3.77. The zero-order valence-corrected chi connectivity index (χ0v) is 16.2. The monoisotopic (exact) mass is 383 g/mol. The van der Waals surface area contributed by atoms with E-state index in [1.54, 1.807) is 35.6 Å². The maximum absolute atomic E-state index is 12.8. The molecule has 0 unspecified atom stereocenters. The van der Waals surface area contributed by atoms with E-state index < -0.39 is 0 Å². The lowest BCUT2D eigenvalue weighted by Gasteiger charge is -2.12. The first-order valence-corrected chi connectivity index (χ1v) is 9.99. The summed E-state index contributed by atoms with van der Waals surface area (Å²) in [6.45, 7) is 3.32. The Morgan fingerprint density at radius 1 is 1.12 bits per heavy atom. The molecular weight excluding hydrogens is 366 g/mol. The number of ketones is 1. The molecule has 1 amide bonds. The Morgan fingerprint density at radius 2 is 1.85 bits per heavy atom. The van der Waals surface area contributed by atoms with Gasteiger partial charge in [0.05, 0.1) is 16.1 Å². The fourth-order valence-corrected chi connectivity index (χ4v) is 3.73. The number of carbonyl (C=O) groups is 2. The second-order valence-corrected chi connectivity index (χ2v) is 7.32. The molecule has 0 spiro atoms. The van der Waals surface area contributed by atoms with Crippen LogP contribution in [0.25, 0.3) is 10.7 Å². The quantitative estimate of drug-likeness (QED) is 0.393. The largest absolute Gasteiger partial charge is 0.322 e. The minimum Gasteiger partial charge on any atom is -0.322 e. The van der Waals surface area contributed by atoms with Gasteiger partial charge in [-0.05, 0) is 55.8 Å². The number of amides is 1. The van der Waals surface area contributed by atoms with Crippen molar-refractivity contribution in [2.45, 2.75) is 18.9 Å². The Balaban J connectivity index is 1.90. The Bertz CT molecular complexity index is 952. The van der Waals surface area contributed by atoms with Gasteiger partial charge in [0, 0.05) is 11.3 Å². The topological polar surface area (TPSA) is 72.0 Å². The van der Waals surface area contributed by atoms with E-state index >= 15 is 0 Å². The van der Waals surface area contributed by atoms with Gasteiger partial charge in [-0.1, -0.05) is 6.07 Å². The minimum atomic E-state index is -0.264. The summed E-state index contributed by atoms with van der Waals surface area (Å²) in [4.78, 5) is 34.1. The molecule has 1 aromatic carbocycles. The van der Waals surface area contributed by atoms with Crippen LogP contribution in [0.3, 0.4) is 0 Å². The average molecular weight is 383 g/mol. The molecule has 0 saturated heterocycles. The van der Waals surface area contributed by atoms with E-state index in [1.807, 2.05) is 30.7 Å². The molecule has 7 heteroatoms. The number of rotatable bonds is 5. The molecule has 2 aromatic heterocycles. The summed E-state index contributed by atoms with van der Waals surface area (Å²) >= 11 is 2.98. The van der Waals surface area contributed by atoms with Crippen molar-refractivity contribution in [2.24, 2.45) is 0 Å². The molecule has 0 fully saturated rings. The third-order valence-corrected chi connectivity index (χ3v) is 5.32. The van der Waals surface area contributed by atoms with Crippen LogP contribution in [-0.2, 0) is 0 Å². The van der Waals surface area contributed by atoms with Gasteiger partial charge in [0.1, 0.15) is 5.03 Å². The lowest BCUT2D eigenvalue weighted by atomic mass is 10.1. The molecule has 0 radical (unpaired) electrons. The Kier molecular flexibility index (Phi) is 5.49. The number of hydrogen-bond acceptors (Lipinski definition) is 6. The van der Waals surface area contributed by atoms with Crippen molar-refractivity contribution < 1.29 is 9.59 Å². The summed E-state index contributed by atoms with van der Waals surface area (Å²) in [7, 11) is 0. The van der Waals surface area contributed by atoms with Gasteiger partial charge in [-0.3, -0.25) is 9.59 Å². The molecule has 0 atom stereocenters. The van der Waals surface area contributed by atoms with Crippen molar-refractivity contribution in [3.05, 3.63) is 58.6 Å². The van der Waals surface area contributed by atoms with E-state index in [0.29, 0.717) is 33.4 Å². The summed E-state index contributed by atoms with van der Waals surface area (Å²) in [5, 5.41) is 5.46. The van der Waals surface area contributed by atoms with E-state index in [-0.39, 0.29) is 11.7 Å². The minimum absolute atomic E-state index is 0.0130. The molecule has 0 bridgehead atoms. The second-order valence-electron chi connectivity index (χ2n) is 5.58. The van der Waals surface area contributed by atoms with Gasteiger partial charge in [0.15, 0.2) is 11.6 Å². The number of anilines is 1. The molecule has 26 heavy (non-hydrogen) atoms. The van der Waals surface area contributed by atoms with Crippen LogP contribution in [0.2, 0.25) is 0 Å². The number of nitrogens with one attached hydrogen (secondary N) is 1. The van der Waals surface area contributed by atoms with E-state index in [4.69, 9.17) is 0 Å². The van der Waals surface area contributed by atoms with Crippen molar-refractivity contribution >= 4 is 40.5 Å². The van der Waals surface area contributed by atoms with Gasteiger partial charge >= 0.3 is 0 Å². The van der Waals surface area contributed by atoms with Crippen molar-refractivity contribution in [1.82, 2.24) is 9.97 Å². The molecule has 2 heterocycles. The third kappa shape index (κ3) is 3.84. The van der Waals surface area contributed by atoms with Crippen molar-refractivity contribution in [2.75, 3.05) is 11.6 Å². The standard InChI is InChI=1S/C19H17N3O2S2/c1-11-16(18(24)21-14-8-6-13(7-9-14)12(2)23)19(25-3)22-17(20-11)15-5-4-10-26-15/h4-10H,1-3H3,(H,21,24). The van der Waals surface area contributed by atoms with Crippen LogP contribution in [0.15, 0.2) is 46.8 Å². The molecule has 0 saturated carbocycles. The normalized spacial score (nSPS) is 10.6. The number of Topliss-reactive ketones (excluding diaryl/α,β-unsaturated/α-hetero) is 1. The van der Waals surface area contributed by atoms with E-state index in [0.717, 1.165) is 4.88 Å². The number of benzene rings is 1. The fraction of sp³-hybridized carbons (Fsp3) is 0.158. The molecule has 1 N–H and O–H groups in total. The lowest BCUT2D eigenvalue weighted by molar-refractivity contribution is 0.101. The molecule has 3 aromatic rings. The zero-order valence-electron chi connectivity index (χ0n) is 14.6. The summed E-state index contributed by atoms with van der Waals surface area (Å²) < 4.78 is 0. The van der Waals surface area contributed by atoms with Crippen molar-refractivity contribution in [3.8, 4) is 10.7 Å². The first-order chi connectivity index (χ1) is 12.5. The highest BCUT2D eigenvalue weighted by Gasteiger charge is 2.19. The zero-order chi connectivity index (χ0) is 18.7. The van der Waals surface area contributed by atoms with Crippen molar-refractivity contribution in [1.29, 1.82) is 0 Å². The van der Waals surface area contributed by atoms with Crippen LogP contribution >= 0.6 is 23.1 Å². The Morgan fingerprint density at radius 3 is 2.42 bits per heavy atom. The van der Waals surface area contributed by atoms with Gasteiger partial charge in [0.25, 0.3) is 5.91 Å². The second kappa shape index (κ2) is 7.80. The maximum atomic E-state index is 12.8. The van der Waals surface area contributed by atoms with Crippen LogP contribution in [-0.4, -0.2) is 27.9 Å². The first-order valence-electron chi connectivity index (χ1n) is 7.88. The number of aryl methyl sites for hydroxylation is 1. The molecule has 5 nitrogen and oxygen atoms in total. The Labute approximate surface area is 159 Å². The van der Waals surface area contributed by atoms with Gasteiger partial charge in [-0.2, -0.15) is 0 Å². The fourth-order valence-electron chi connectivity index (χ4n) is 2.45. The number of thiophene rings is 1. The molecule has 0 aliphatic carbocycles. The summed E-state index contributed by atoms with van der Waals surface area (Å²) in [6.07, 6.45) is 1.89. The highest BCUT2D eigenvalue weighted by atomic mass is 32.2. The van der Waals surface area contributed by atoms with Gasteiger partial charge in [0.2, 0.25) is 0 Å². The molecule has 3 rings (SSSR count). The maximum Gasteiger partial charge on any atom is 0.260 e. The summed E-state index contributed by atoms with van der Waals surface area (Å²) in [6, 6.07) is 10.7. The first kappa shape index (κ1) is 18.3. The van der Waals surface area contributed by atoms with E-state index in [1.165, 1.54) is 18.7 Å². The van der Waals surface area contributed by atoms with Crippen LogP contribution < -0.4 is 5.32 Å². The number of carbonyl (C=O) groups excluding carboxylic acids is 2. The average Bonchev–Trinajstić information content (AvgIpc) is 3.16. The molecule has 132 valence electrons. The SMILES string of the molecule is CSc1nc(-c2cccs2)nc(C)c1C(=O)Nc1ccc(C(C)=O)cc1. The molecular formula is C19H17N3O2S2. The number of thioether (sulfide) groups is 1.